The molecule has 0 atom stereocenters. The fourth-order valence-electron chi connectivity index (χ4n) is 1.24. The van der Waals surface area contributed by atoms with Crippen LogP contribution in [0.2, 0.25) is 0 Å². The van der Waals surface area contributed by atoms with E-state index in [2.05, 4.69) is 22.9 Å². The molecule has 1 amide bonds. The first-order valence-electron chi connectivity index (χ1n) is 5.13. The number of carbonyl (C=O) groups is 1. The van der Waals surface area contributed by atoms with Crippen molar-refractivity contribution in [2.24, 2.45) is 4.99 Å². The van der Waals surface area contributed by atoms with Crippen LogP contribution in [0, 0.1) is 0 Å². The number of carbonyl (C=O) groups excluding carboxylic acids is 1. The number of aliphatic imine (C=N–C) groups is 1. The summed E-state index contributed by atoms with van der Waals surface area (Å²) in [6.07, 6.45) is 1.77. The molecule has 0 aromatic heterocycles. The molecule has 1 N–H and O–H groups in total. The number of hydrogen-bond donors (Lipinski definition) is 2. The summed E-state index contributed by atoms with van der Waals surface area (Å²) in [5.41, 5.74) is 0. The fourth-order valence-corrected chi connectivity index (χ4v) is 1.56. The maximum Gasteiger partial charge on any atom is 0.244 e. The Morgan fingerprint density at radius 3 is 2.94 bits per heavy atom. The molecule has 5 nitrogen and oxygen atoms in total. The Kier molecular flexibility index (Phi) is 4.82. The average Bonchev–Trinajstić information content (AvgIpc) is 2.19. The van der Waals surface area contributed by atoms with Crippen molar-refractivity contribution in [1.82, 2.24) is 10.2 Å². The Morgan fingerprint density at radius 2 is 2.38 bits per heavy atom. The molecule has 0 aromatic rings. The predicted octanol–water partition coefficient (Wildman–Crippen LogP) is 0.948. The van der Waals surface area contributed by atoms with Crippen LogP contribution in [-0.4, -0.2) is 36.4 Å². The summed E-state index contributed by atoms with van der Waals surface area (Å²) in [4.78, 5) is 17.3. The van der Waals surface area contributed by atoms with Gasteiger partial charge < -0.3 is 15.0 Å². The second kappa shape index (κ2) is 5.91. The van der Waals surface area contributed by atoms with Gasteiger partial charge in [-0.25, -0.2) is 4.99 Å². The molecular weight excluding hydrogens is 226 g/mol. The molecule has 0 aromatic carbocycles. The van der Waals surface area contributed by atoms with Crippen molar-refractivity contribution in [2.75, 3.05) is 13.3 Å². The normalized spacial score (nSPS) is 17.6. The average molecular weight is 243 g/mol. The van der Waals surface area contributed by atoms with Crippen LogP contribution in [0.15, 0.2) is 15.8 Å². The minimum atomic E-state index is -0.104. The third-order valence-corrected chi connectivity index (χ3v) is 2.23. The highest BCUT2D eigenvalue weighted by atomic mass is 32.1. The van der Waals surface area contributed by atoms with Crippen molar-refractivity contribution >= 4 is 24.8 Å². The van der Waals surface area contributed by atoms with Gasteiger partial charge in [-0.15, -0.1) is 12.6 Å². The lowest BCUT2D eigenvalue weighted by atomic mass is 10.4. The van der Waals surface area contributed by atoms with Gasteiger partial charge in [0.25, 0.3) is 0 Å². The molecule has 16 heavy (non-hydrogen) atoms. The Balaban J connectivity index is 2.78. The van der Waals surface area contributed by atoms with Gasteiger partial charge in [-0.3, -0.25) is 4.79 Å². The summed E-state index contributed by atoms with van der Waals surface area (Å²) >= 11 is 4.19. The number of amides is 1. The quantitative estimate of drug-likeness (QED) is 0.571. The predicted molar refractivity (Wildman–Crippen MR) is 66.1 cm³/mol. The molecule has 1 aliphatic heterocycles. The Bertz CT molecular complexity index is 326. The SMILES string of the molecule is CC=NC1=C(S)NC(=O)CN1COC(C)C. The molecule has 0 fully saturated rings. The number of thiol groups is 1. The molecule has 0 radical (unpaired) electrons. The molecule has 1 heterocycles. The van der Waals surface area contributed by atoms with Gasteiger partial charge in [0.2, 0.25) is 5.91 Å². The summed E-state index contributed by atoms with van der Waals surface area (Å²) in [5, 5.41) is 3.09. The maximum atomic E-state index is 11.3. The highest BCUT2D eigenvalue weighted by Gasteiger charge is 2.22. The molecule has 0 bridgehead atoms. The second-order valence-electron chi connectivity index (χ2n) is 3.65. The van der Waals surface area contributed by atoms with Crippen LogP contribution in [0.1, 0.15) is 20.8 Å². The molecular formula is C10H17N3O2S. The highest BCUT2D eigenvalue weighted by Crippen LogP contribution is 2.17. The van der Waals surface area contributed by atoms with E-state index >= 15 is 0 Å². The van der Waals surface area contributed by atoms with Crippen molar-refractivity contribution in [3.05, 3.63) is 10.9 Å². The topological polar surface area (TPSA) is 53.9 Å². The summed E-state index contributed by atoms with van der Waals surface area (Å²) in [5.74, 6) is 0.526. The van der Waals surface area contributed by atoms with Crippen LogP contribution in [0.4, 0.5) is 0 Å². The van der Waals surface area contributed by atoms with Crippen molar-refractivity contribution in [3.8, 4) is 0 Å². The van der Waals surface area contributed by atoms with E-state index in [9.17, 15) is 4.79 Å². The van der Waals surface area contributed by atoms with E-state index in [4.69, 9.17) is 4.74 Å². The van der Waals surface area contributed by atoms with Gasteiger partial charge in [-0.1, -0.05) is 0 Å². The second-order valence-corrected chi connectivity index (χ2v) is 4.10. The van der Waals surface area contributed by atoms with Gasteiger partial charge >= 0.3 is 0 Å². The van der Waals surface area contributed by atoms with Crippen LogP contribution in [-0.2, 0) is 9.53 Å². The lowest BCUT2D eigenvalue weighted by Crippen LogP contribution is -2.43. The zero-order valence-electron chi connectivity index (χ0n) is 9.73. The zero-order chi connectivity index (χ0) is 12.1. The van der Waals surface area contributed by atoms with E-state index in [-0.39, 0.29) is 18.6 Å². The van der Waals surface area contributed by atoms with Gasteiger partial charge in [-0.05, 0) is 20.8 Å². The number of hydrogen-bond acceptors (Lipinski definition) is 5. The van der Waals surface area contributed by atoms with Gasteiger partial charge in [0, 0.05) is 6.21 Å². The number of rotatable bonds is 4. The van der Waals surface area contributed by atoms with E-state index in [1.54, 1.807) is 11.1 Å². The molecule has 90 valence electrons. The van der Waals surface area contributed by atoms with E-state index in [1.807, 2.05) is 20.8 Å². The van der Waals surface area contributed by atoms with E-state index < -0.39 is 0 Å². The van der Waals surface area contributed by atoms with Gasteiger partial charge in [0.15, 0.2) is 5.82 Å². The first-order chi connectivity index (χ1) is 7.54. The number of nitrogens with one attached hydrogen (secondary N) is 1. The third kappa shape index (κ3) is 3.53. The third-order valence-electron chi connectivity index (χ3n) is 1.92. The smallest absolute Gasteiger partial charge is 0.244 e. The molecule has 0 unspecified atom stereocenters. The minimum absolute atomic E-state index is 0.104. The molecule has 0 aliphatic carbocycles. The molecule has 0 spiro atoms. The van der Waals surface area contributed by atoms with E-state index in [0.29, 0.717) is 17.6 Å². The fraction of sp³-hybridized carbons (Fsp3) is 0.600. The van der Waals surface area contributed by atoms with Crippen LogP contribution >= 0.6 is 12.6 Å². The summed E-state index contributed by atoms with van der Waals surface area (Å²) < 4.78 is 5.46. The molecule has 0 saturated heterocycles. The summed E-state index contributed by atoms with van der Waals surface area (Å²) in [7, 11) is 0. The Hall–Kier alpha value is -1.01. The van der Waals surface area contributed by atoms with Crippen LogP contribution in [0.25, 0.3) is 0 Å². The maximum absolute atomic E-state index is 11.3. The van der Waals surface area contributed by atoms with Crippen LogP contribution in [0.5, 0.6) is 0 Å². The Labute approximate surface area is 101 Å². The lowest BCUT2D eigenvalue weighted by molar-refractivity contribution is -0.123. The first-order valence-corrected chi connectivity index (χ1v) is 5.57. The summed E-state index contributed by atoms with van der Waals surface area (Å²) in [6.45, 7) is 6.27. The van der Waals surface area contributed by atoms with Crippen molar-refractivity contribution in [3.63, 3.8) is 0 Å². The number of nitrogens with zero attached hydrogens (tertiary/aromatic N) is 2. The molecule has 0 saturated carbocycles. The highest BCUT2D eigenvalue weighted by molar-refractivity contribution is 7.84. The van der Waals surface area contributed by atoms with Crippen molar-refractivity contribution in [1.29, 1.82) is 0 Å². The van der Waals surface area contributed by atoms with Gasteiger partial charge in [-0.2, -0.15) is 0 Å². The monoisotopic (exact) mass is 243 g/mol. The summed E-state index contributed by atoms with van der Waals surface area (Å²) in [6, 6.07) is 0. The van der Waals surface area contributed by atoms with Crippen LogP contribution < -0.4 is 5.32 Å². The van der Waals surface area contributed by atoms with Gasteiger partial charge in [0.1, 0.15) is 18.3 Å². The van der Waals surface area contributed by atoms with E-state index in [0.717, 1.165) is 0 Å². The first kappa shape index (κ1) is 13.1. The standard InChI is InChI=1S/C10H17N3O2S/c1-4-11-9-10(16)12-8(14)5-13(9)6-15-7(2)3/h4,7,16H,5-6H2,1-3H3,(H,12,14). The number of ether oxygens (including phenoxy) is 1. The van der Waals surface area contributed by atoms with E-state index in [1.165, 1.54) is 0 Å². The van der Waals surface area contributed by atoms with Crippen LogP contribution in [0.3, 0.4) is 0 Å². The Morgan fingerprint density at radius 1 is 1.69 bits per heavy atom. The van der Waals surface area contributed by atoms with Gasteiger partial charge in [0.05, 0.1) is 6.10 Å². The molecule has 6 heteroatoms. The molecule has 1 aliphatic rings. The lowest BCUT2D eigenvalue weighted by Gasteiger charge is -2.29. The molecule has 1 rings (SSSR count). The van der Waals surface area contributed by atoms with Crippen molar-refractivity contribution in [2.45, 2.75) is 26.9 Å². The minimum Gasteiger partial charge on any atom is -0.358 e. The largest absolute Gasteiger partial charge is 0.358 e. The zero-order valence-corrected chi connectivity index (χ0v) is 10.6. The van der Waals surface area contributed by atoms with Crippen molar-refractivity contribution < 1.29 is 9.53 Å².